The molecule has 2 atom stereocenters. The third kappa shape index (κ3) is 2.10. The van der Waals surface area contributed by atoms with E-state index < -0.39 is 0 Å². The first kappa shape index (κ1) is 10.7. The standard InChI is InChI=1S/C12H14ClFO/c1-15-11-4-2-3-10(12(11)14)8-5-6-9(13)7-8/h2-4,8-9H,5-7H2,1H3. The smallest absolute Gasteiger partial charge is 0.168 e. The molecule has 3 heteroatoms. The van der Waals surface area contributed by atoms with Gasteiger partial charge in [-0.3, -0.25) is 0 Å². The minimum Gasteiger partial charge on any atom is -0.494 e. The maximum Gasteiger partial charge on any atom is 0.168 e. The van der Waals surface area contributed by atoms with Crippen molar-refractivity contribution in [1.82, 2.24) is 0 Å². The number of hydrogen-bond acceptors (Lipinski definition) is 1. The summed E-state index contributed by atoms with van der Waals surface area (Å²) in [5, 5.41) is 0.195. The van der Waals surface area contributed by atoms with E-state index in [1.807, 2.05) is 12.1 Å². The van der Waals surface area contributed by atoms with Gasteiger partial charge in [-0.1, -0.05) is 12.1 Å². The Morgan fingerprint density at radius 3 is 2.80 bits per heavy atom. The lowest BCUT2D eigenvalue weighted by atomic mass is 9.97. The molecule has 0 aliphatic heterocycles. The number of methoxy groups -OCH3 is 1. The Kier molecular flexibility index (Phi) is 3.15. The minimum atomic E-state index is -0.226. The van der Waals surface area contributed by atoms with Crippen LogP contribution in [0.3, 0.4) is 0 Å². The van der Waals surface area contributed by atoms with Crippen LogP contribution in [0.4, 0.5) is 4.39 Å². The van der Waals surface area contributed by atoms with Gasteiger partial charge in [0.05, 0.1) is 7.11 Å². The molecule has 82 valence electrons. The Balaban J connectivity index is 2.28. The van der Waals surface area contributed by atoms with Crippen LogP contribution in [0, 0.1) is 5.82 Å². The molecule has 0 amide bonds. The molecule has 1 nitrogen and oxygen atoms in total. The topological polar surface area (TPSA) is 9.23 Å². The molecule has 0 radical (unpaired) electrons. The average Bonchev–Trinajstić information content (AvgIpc) is 2.65. The zero-order valence-electron chi connectivity index (χ0n) is 8.67. The summed E-state index contributed by atoms with van der Waals surface area (Å²) < 4.78 is 18.8. The van der Waals surface area contributed by atoms with Crippen LogP contribution >= 0.6 is 11.6 Å². The van der Waals surface area contributed by atoms with Crippen LogP contribution in [0.5, 0.6) is 5.75 Å². The Morgan fingerprint density at radius 2 is 2.20 bits per heavy atom. The van der Waals surface area contributed by atoms with E-state index in [0.717, 1.165) is 24.8 Å². The van der Waals surface area contributed by atoms with E-state index in [9.17, 15) is 4.39 Å². The van der Waals surface area contributed by atoms with Crippen LogP contribution in [0.15, 0.2) is 18.2 Å². The van der Waals surface area contributed by atoms with Crippen LogP contribution in [-0.4, -0.2) is 12.5 Å². The number of alkyl halides is 1. The average molecular weight is 229 g/mol. The summed E-state index contributed by atoms with van der Waals surface area (Å²) in [7, 11) is 1.49. The van der Waals surface area contributed by atoms with Gasteiger partial charge in [-0.15, -0.1) is 11.6 Å². The van der Waals surface area contributed by atoms with Crippen LogP contribution in [0.1, 0.15) is 30.7 Å². The van der Waals surface area contributed by atoms with Gasteiger partial charge in [0, 0.05) is 5.38 Å². The Morgan fingerprint density at radius 1 is 1.40 bits per heavy atom. The summed E-state index contributed by atoms with van der Waals surface area (Å²) in [5.74, 6) is 0.351. The molecule has 1 saturated carbocycles. The van der Waals surface area contributed by atoms with Crippen molar-refractivity contribution in [3.05, 3.63) is 29.6 Å². The second kappa shape index (κ2) is 4.40. The van der Waals surface area contributed by atoms with Crippen molar-refractivity contribution in [3.63, 3.8) is 0 Å². The lowest BCUT2D eigenvalue weighted by molar-refractivity contribution is 0.382. The first-order chi connectivity index (χ1) is 7.22. The third-order valence-corrected chi connectivity index (χ3v) is 3.42. The van der Waals surface area contributed by atoms with Crippen molar-refractivity contribution < 1.29 is 9.13 Å². The van der Waals surface area contributed by atoms with Crippen molar-refractivity contribution in [2.75, 3.05) is 7.11 Å². The summed E-state index contributed by atoms with van der Waals surface area (Å²) in [5.41, 5.74) is 0.748. The van der Waals surface area contributed by atoms with E-state index in [1.54, 1.807) is 6.07 Å². The van der Waals surface area contributed by atoms with Crippen molar-refractivity contribution in [3.8, 4) is 5.75 Å². The summed E-state index contributed by atoms with van der Waals surface area (Å²) in [6, 6.07) is 5.31. The first-order valence-electron chi connectivity index (χ1n) is 5.19. The molecule has 1 aliphatic rings. The van der Waals surface area contributed by atoms with Crippen LogP contribution in [-0.2, 0) is 0 Å². The van der Waals surface area contributed by atoms with Gasteiger partial charge in [0.1, 0.15) is 0 Å². The van der Waals surface area contributed by atoms with Gasteiger partial charge in [-0.2, -0.15) is 0 Å². The predicted octanol–water partition coefficient (Wildman–Crippen LogP) is 3.71. The van der Waals surface area contributed by atoms with E-state index in [2.05, 4.69) is 0 Å². The SMILES string of the molecule is COc1cccc(C2CCC(Cl)C2)c1F. The molecule has 1 aromatic carbocycles. The van der Waals surface area contributed by atoms with Crippen molar-refractivity contribution in [2.45, 2.75) is 30.6 Å². The first-order valence-corrected chi connectivity index (χ1v) is 5.62. The number of benzene rings is 1. The number of rotatable bonds is 2. The molecule has 1 aliphatic carbocycles. The van der Waals surface area contributed by atoms with E-state index in [1.165, 1.54) is 7.11 Å². The summed E-state index contributed by atoms with van der Waals surface area (Å²) >= 11 is 6.03. The molecular weight excluding hydrogens is 215 g/mol. The lowest BCUT2D eigenvalue weighted by Crippen LogP contribution is -2.00. The number of halogens is 2. The molecule has 0 bridgehead atoms. The second-order valence-corrected chi connectivity index (χ2v) is 4.59. The fourth-order valence-electron chi connectivity index (χ4n) is 2.21. The van der Waals surface area contributed by atoms with Gasteiger partial charge >= 0.3 is 0 Å². The Labute approximate surface area is 94.2 Å². The summed E-state index contributed by atoms with van der Waals surface area (Å²) in [6.07, 6.45) is 2.81. The molecule has 2 unspecified atom stereocenters. The fourth-order valence-corrected chi connectivity index (χ4v) is 2.55. The van der Waals surface area contributed by atoms with E-state index in [-0.39, 0.29) is 17.1 Å². The molecule has 0 spiro atoms. The molecule has 1 fully saturated rings. The highest BCUT2D eigenvalue weighted by molar-refractivity contribution is 6.20. The number of hydrogen-bond donors (Lipinski definition) is 0. The molecule has 0 N–H and O–H groups in total. The van der Waals surface area contributed by atoms with Gasteiger partial charge in [0.15, 0.2) is 11.6 Å². The van der Waals surface area contributed by atoms with Gasteiger partial charge < -0.3 is 4.74 Å². The highest BCUT2D eigenvalue weighted by Gasteiger charge is 2.27. The van der Waals surface area contributed by atoms with Gasteiger partial charge in [0.25, 0.3) is 0 Å². The fraction of sp³-hybridized carbons (Fsp3) is 0.500. The molecule has 15 heavy (non-hydrogen) atoms. The zero-order chi connectivity index (χ0) is 10.8. The van der Waals surface area contributed by atoms with Gasteiger partial charge in [-0.25, -0.2) is 4.39 Å². The maximum atomic E-state index is 13.9. The Bertz CT molecular complexity index is 353. The molecular formula is C12H14ClFO. The minimum absolute atomic E-state index is 0.195. The van der Waals surface area contributed by atoms with E-state index >= 15 is 0 Å². The van der Waals surface area contributed by atoms with E-state index in [4.69, 9.17) is 16.3 Å². The second-order valence-electron chi connectivity index (χ2n) is 3.97. The highest BCUT2D eigenvalue weighted by Crippen LogP contribution is 2.39. The van der Waals surface area contributed by atoms with Crippen molar-refractivity contribution in [1.29, 1.82) is 0 Å². The third-order valence-electron chi connectivity index (χ3n) is 3.02. The van der Waals surface area contributed by atoms with Crippen LogP contribution in [0.25, 0.3) is 0 Å². The Hall–Kier alpha value is -0.760. The van der Waals surface area contributed by atoms with Crippen molar-refractivity contribution in [2.24, 2.45) is 0 Å². The van der Waals surface area contributed by atoms with Crippen LogP contribution < -0.4 is 4.74 Å². The maximum absolute atomic E-state index is 13.9. The molecule has 2 rings (SSSR count). The van der Waals surface area contributed by atoms with Gasteiger partial charge in [0.2, 0.25) is 0 Å². The van der Waals surface area contributed by atoms with Crippen molar-refractivity contribution >= 4 is 11.6 Å². The molecule has 0 aromatic heterocycles. The molecule has 1 aromatic rings. The largest absolute Gasteiger partial charge is 0.494 e. The monoisotopic (exact) mass is 228 g/mol. The summed E-state index contributed by atoms with van der Waals surface area (Å²) in [4.78, 5) is 0. The lowest BCUT2D eigenvalue weighted by Gasteiger charge is -2.12. The quantitative estimate of drug-likeness (QED) is 0.702. The number of ether oxygens (including phenoxy) is 1. The molecule has 0 heterocycles. The van der Waals surface area contributed by atoms with Gasteiger partial charge in [-0.05, 0) is 36.8 Å². The zero-order valence-corrected chi connectivity index (χ0v) is 9.43. The summed E-state index contributed by atoms with van der Waals surface area (Å²) in [6.45, 7) is 0. The molecule has 0 saturated heterocycles. The van der Waals surface area contributed by atoms with Crippen LogP contribution in [0.2, 0.25) is 0 Å². The normalized spacial score (nSPS) is 25.5. The van der Waals surface area contributed by atoms with E-state index in [0.29, 0.717) is 5.75 Å². The predicted molar refractivity (Wildman–Crippen MR) is 59.2 cm³/mol. The highest BCUT2D eigenvalue weighted by atomic mass is 35.5.